The lowest BCUT2D eigenvalue weighted by Crippen LogP contribution is -2.43. The molecule has 1 aliphatic rings. The van der Waals surface area contributed by atoms with Crippen LogP contribution in [0.25, 0.3) is 0 Å². The van der Waals surface area contributed by atoms with E-state index in [1.165, 1.54) is 84.1 Å². The summed E-state index contributed by atoms with van der Waals surface area (Å²) in [6.07, 6.45) is 11.5. The minimum atomic E-state index is 0. The first-order valence-corrected chi connectivity index (χ1v) is 7.36. The van der Waals surface area contributed by atoms with Crippen LogP contribution in [0, 0.1) is 0 Å². The number of piperazine rings is 1. The first-order valence-electron chi connectivity index (χ1n) is 7.36. The van der Waals surface area contributed by atoms with E-state index in [0.717, 1.165) is 0 Å². The van der Waals surface area contributed by atoms with E-state index in [9.17, 15) is 0 Å². The van der Waals surface area contributed by atoms with Crippen molar-refractivity contribution in [1.29, 1.82) is 0 Å². The third kappa shape index (κ3) is 9.87. The molecule has 1 rings (SSSR count). The molecule has 0 aromatic carbocycles. The Balaban J connectivity index is 0.00000256. The number of nitrogens with zero attached hydrogens (tertiary/aromatic N) is 1. The number of halogens is 1. The maximum Gasteiger partial charge on any atom is 0.0107 e. The molecule has 0 saturated carbocycles. The highest BCUT2D eigenvalue weighted by atomic mass is 35.5. The summed E-state index contributed by atoms with van der Waals surface area (Å²) in [4.78, 5) is 2.60. The molecule has 1 heterocycles. The first-order chi connectivity index (χ1) is 7.93. The van der Waals surface area contributed by atoms with Crippen LogP contribution in [0.4, 0.5) is 0 Å². The van der Waals surface area contributed by atoms with E-state index in [1.54, 1.807) is 0 Å². The fraction of sp³-hybridized carbons (Fsp3) is 1.00. The molecular weight excluding hydrogens is 232 g/mol. The molecule has 1 saturated heterocycles. The Morgan fingerprint density at radius 2 is 1.35 bits per heavy atom. The molecule has 1 fully saturated rings. The zero-order valence-electron chi connectivity index (χ0n) is 11.5. The summed E-state index contributed by atoms with van der Waals surface area (Å²) in [5, 5.41) is 3.40. The molecule has 0 spiro atoms. The van der Waals surface area contributed by atoms with Crippen LogP contribution >= 0.6 is 12.4 Å². The van der Waals surface area contributed by atoms with Crippen molar-refractivity contribution >= 4 is 12.4 Å². The minimum absolute atomic E-state index is 0. The van der Waals surface area contributed by atoms with E-state index < -0.39 is 0 Å². The van der Waals surface area contributed by atoms with Crippen molar-refractivity contribution in [2.24, 2.45) is 0 Å². The van der Waals surface area contributed by atoms with Gasteiger partial charge in [-0.25, -0.2) is 0 Å². The van der Waals surface area contributed by atoms with Crippen molar-refractivity contribution in [2.75, 3.05) is 32.7 Å². The summed E-state index contributed by atoms with van der Waals surface area (Å²) in [6, 6.07) is 0. The maximum atomic E-state index is 3.40. The van der Waals surface area contributed by atoms with Crippen LogP contribution in [0.2, 0.25) is 0 Å². The maximum absolute atomic E-state index is 3.40. The number of rotatable bonds is 9. The van der Waals surface area contributed by atoms with Crippen molar-refractivity contribution in [1.82, 2.24) is 10.2 Å². The van der Waals surface area contributed by atoms with Gasteiger partial charge in [-0.15, -0.1) is 12.4 Å². The summed E-state index contributed by atoms with van der Waals surface area (Å²) in [6.45, 7) is 8.52. The van der Waals surface area contributed by atoms with E-state index >= 15 is 0 Å². The van der Waals surface area contributed by atoms with Crippen molar-refractivity contribution in [2.45, 2.75) is 58.3 Å². The van der Waals surface area contributed by atoms with Crippen molar-refractivity contribution in [3.8, 4) is 0 Å². The number of unbranched alkanes of at least 4 members (excludes halogenated alkanes) is 7. The van der Waals surface area contributed by atoms with Crippen LogP contribution in [-0.2, 0) is 0 Å². The zero-order chi connectivity index (χ0) is 11.5. The van der Waals surface area contributed by atoms with Crippen LogP contribution in [0.5, 0.6) is 0 Å². The normalized spacial score (nSPS) is 16.8. The van der Waals surface area contributed by atoms with Crippen LogP contribution in [0.3, 0.4) is 0 Å². The van der Waals surface area contributed by atoms with Crippen LogP contribution in [0.15, 0.2) is 0 Å². The number of hydrogen-bond acceptors (Lipinski definition) is 2. The lowest BCUT2D eigenvalue weighted by atomic mass is 10.1. The highest BCUT2D eigenvalue weighted by Crippen LogP contribution is 2.08. The Kier molecular flexibility index (Phi) is 12.8. The molecule has 0 aromatic heterocycles. The van der Waals surface area contributed by atoms with Crippen molar-refractivity contribution in [3.63, 3.8) is 0 Å². The molecule has 0 radical (unpaired) electrons. The molecule has 0 unspecified atom stereocenters. The lowest BCUT2D eigenvalue weighted by molar-refractivity contribution is 0.236. The highest BCUT2D eigenvalue weighted by molar-refractivity contribution is 5.85. The average molecular weight is 263 g/mol. The molecule has 2 nitrogen and oxygen atoms in total. The number of hydrogen-bond donors (Lipinski definition) is 1. The van der Waals surface area contributed by atoms with Gasteiger partial charge < -0.3 is 10.2 Å². The van der Waals surface area contributed by atoms with Crippen LogP contribution in [-0.4, -0.2) is 37.6 Å². The Labute approximate surface area is 114 Å². The van der Waals surface area contributed by atoms with Gasteiger partial charge in [0.15, 0.2) is 0 Å². The zero-order valence-corrected chi connectivity index (χ0v) is 12.4. The third-order valence-corrected chi connectivity index (χ3v) is 3.54. The largest absolute Gasteiger partial charge is 0.314 e. The third-order valence-electron chi connectivity index (χ3n) is 3.54. The molecule has 0 amide bonds. The molecule has 104 valence electrons. The first kappa shape index (κ1) is 17.2. The second-order valence-corrected chi connectivity index (χ2v) is 5.07. The molecule has 3 heteroatoms. The van der Waals surface area contributed by atoms with Crippen LogP contribution < -0.4 is 5.32 Å². The molecule has 0 atom stereocenters. The number of nitrogens with one attached hydrogen (secondary N) is 1. The van der Waals surface area contributed by atoms with Gasteiger partial charge in [0.1, 0.15) is 0 Å². The Hall–Kier alpha value is 0.210. The summed E-state index contributed by atoms with van der Waals surface area (Å²) in [5.74, 6) is 0. The van der Waals surface area contributed by atoms with Crippen molar-refractivity contribution in [3.05, 3.63) is 0 Å². The molecule has 1 N–H and O–H groups in total. The summed E-state index contributed by atoms with van der Waals surface area (Å²) < 4.78 is 0. The van der Waals surface area contributed by atoms with Gasteiger partial charge in [-0.05, 0) is 13.0 Å². The molecular formula is C14H31ClN2. The minimum Gasteiger partial charge on any atom is -0.314 e. The van der Waals surface area contributed by atoms with E-state index in [4.69, 9.17) is 0 Å². The Morgan fingerprint density at radius 3 is 1.94 bits per heavy atom. The van der Waals surface area contributed by atoms with Crippen LogP contribution in [0.1, 0.15) is 58.3 Å². The molecule has 0 aliphatic carbocycles. The molecule has 0 bridgehead atoms. The second kappa shape index (κ2) is 12.7. The Bertz CT molecular complexity index is 147. The molecule has 1 aliphatic heterocycles. The summed E-state index contributed by atoms with van der Waals surface area (Å²) in [5.41, 5.74) is 0. The molecule has 0 aromatic rings. The second-order valence-electron chi connectivity index (χ2n) is 5.07. The molecule has 17 heavy (non-hydrogen) atoms. The van der Waals surface area contributed by atoms with Gasteiger partial charge in [-0.2, -0.15) is 0 Å². The van der Waals surface area contributed by atoms with Gasteiger partial charge in [-0.3, -0.25) is 0 Å². The fourth-order valence-corrected chi connectivity index (χ4v) is 2.40. The predicted molar refractivity (Wildman–Crippen MR) is 79.2 cm³/mol. The summed E-state index contributed by atoms with van der Waals surface area (Å²) in [7, 11) is 0. The smallest absolute Gasteiger partial charge is 0.0107 e. The van der Waals surface area contributed by atoms with Gasteiger partial charge in [0, 0.05) is 26.2 Å². The van der Waals surface area contributed by atoms with Gasteiger partial charge in [0.25, 0.3) is 0 Å². The predicted octanol–water partition coefficient (Wildman–Crippen LogP) is 3.45. The topological polar surface area (TPSA) is 15.3 Å². The van der Waals surface area contributed by atoms with E-state index in [-0.39, 0.29) is 12.4 Å². The van der Waals surface area contributed by atoms with Crippen molar-refractivity contribution < 1.29 is 0 Å². The Morgan fingerprint density at radius 1 is 0.824 bits per heavy atom. The standard InChI is InChI=1S/C14H30N2.ClH/c1-2-3-4-5-6-7-8-9-12-16-13-10-15-11-14-16;/h15H,2-14H2,1H3;1H. The van der Waals surface area contributed by atoms with Gasteiger partial charge >= 0.3 is 0 Å². The average Bonchev–Trinajstić information content (AvgIpc) is 2.34. The van der Waals surface area contributed by atoms with Gasteiger partial charge in [0.05, 0.1) is 0 Å². The summed E-state index contributed by atoms with van der Waals surface area (Å²) >= 11 is 0. The monoisotopic (exact) mass is 262 g/mol. The quantitative estimate of drug-likeness (QED) is 0.641. The van der Waals surface area contributed by atoms with E-state index in [1.807, 2.05) is 0 Å². The fourth-order valence-electron chi connectivity index (χ4n) is 2.40. The van der Waals surface area contributed by atoms with Gasteiger partial charge in [-0.1, -0.05) is 51.9 Å². The van der Waals surface area contributed by atoms with E-state index in [0.29, 0.717) is 0 Å². The SMILES string of the molecule is CCCCCCCCCCN1CCNCC1.Cl. The van der Waals surface area contributed by atoms with E-state index in [2.05, 4.69) is 17.1 Å². The highest BCUT2D eigenvalue weighted by Gasteiger charge is 2.07. The van der Waals surface area contributed by atoms with Gasteiger partial charge in [0.2, 0.25) is 0 Å². The lowest BCUT2D eigenvalue weighted by Gasteiger charge is -2.27.